The van der Waals surface area contributed by atoms with Crippen molar-refractivity contribution in [3.8, 4) is 11.5 Å². The average Bonchev–Trinajstić information content (AvgIpc) is 3.22. The van der Waals surface area contributed by atoms with E-state index in [1.165, 1.54) is 5.56 Å². The SMILES string of the molecule is CCN(CC)c1ccc2c(c1)Oc1ccc(NCc3ccccc3)cc1C21OC(=O)c2ccccc21. The van der Waals surface area contributed by atoms with E-state index in [0.717, 1.165) is 41.2 Å². The standard InChI is InChI=1S/C31H28N2O3/c1-3-33(4-2)23-15-16-26-29(19-23)35-28-17-14-22(32-20-21-10-6-5-7-11-21)18-27(28)31(26)25-13-9-8-12-24(25)30(34)36-31/h5-19,32H,3-4,20H2,1-2H3. The highest BCUT2D eigenvalue weighted by molar-refractivity contribution is 5.97. The molecular formula is C31H28N2O3. The molecule has 0 saturated carbocycles. The number of hydrogen-bond acceptors (Lipinski definition) is 5. The first-order valence-corrected chi connectivity index (χ1v) is 12.5. The summed E-state index contributed by atoms with van der Waals surface area (Å²) < 4.78 is 12.8. The molecule has 0 aliphatic carbocycles. The van der Waals surface area contributed by atoms with Crippen molar-refractivity contribution < 1.29 is 14.3 Å². The highest BCUT2D eigenvalue weighted by atomic mass is 16.6. The van der Waals surface area contributed by atoms with Gasteiger partial charge in [-0.25, -0.2) is 4.79 Å². The number of nitrogens with zero attached hydrogens (tertiary/aromatic N) is 1. The minimum absolute atomic E-state index is 0.320. The number of hydrogen-bond donors (Lipinski definition) is 1. The van der Waals surface area contributed by atoms with Crippen LogP contribution in [0.5, 0.6) is 11.5 Å². The topological polar surface area (TPSA) is 50.8 Å². The van der Waals surface area contributed by atoms with Crippen LogP contribution >= 0.6 is 0 Å². The lowest BCUT2D eigenvalue weighted by atomic mass is 9.77. The average molecular weight is 477 g/mol. The Morgan fingerprint density at radius 3 is 2.36 bits per heavy atom. The highest BCUT2D eigenvalue weighted by Crippen LogP contribution is 2.57. The summed E-state index contributed by atoms with van der Waals surface area (Å²) in [6, 6.07) is 30.1. The van der Waals surface area contributed by atoms with Crippen LogP contribution in [0.25, 0.3) is 0 Å². The van der Waals surface area contributed by atoms with Crippen molar-refractivity contribution in [3.63, 3.8) is 0 Å². The number of fused-ring (bicyclic) bond motifs is 6. The molecule has 1 spiro atoms. The molecule has 36 heavy (non-hydrogen) atoms. The van der Waals surface area contributed by atoms with Crippen molar-refractivity contribution in [2.45, 2.75) is 26.0 Å². The maximum absolute atomic E-state index is 13.1. The Hall–Kier alpha value is -4.25. The summed E-state index contributed by atoms with van der Waals surface area (Å²) in [4.78, 5) is 15.4. The molecule has 4 aromatic carbocycles. The third-order valence-corrected chi connectivity index (χ3v) is 7.16. The van der Waals surface area contributed by atoms with E-state index in [9.17, 15) is 4.79 Å². The Labute approximate surface area is 211 Å². The maximum atomic E-state index is 13.1. The summed E-state index contributed by atoms with van der Waals surface area (Å²) in [6.45, 7) is 6.75. The van der Waals surface area contributed by atoms with Crippen LogP contribution in [0.2, 0.25) is 0 Å². The van der Waals surface area contributed by atoms with Gasteiger partial charge in [0.25, 0.3) is 0 Å². The second-order valence-corrected chi connectivity index (χ2v) is 9.12. The molecule has 2 heterocycles. The number of benzene rings is 4. The van der Waals surface area contributed by atoms with Crippen LogP contribution in [-0.4, -0.2) is 19.1 Å². The Kier molecular flexibility index (Phi) is 5.41. The van der Waals surface area contributed by atoms with Gasteiger partial charge in [0.15, 0.2) is 5.60 Å². The van der Waals surface area contributed by atoms with Crippen LogP contribution in [0.1, 0.15) is 46.5 Å². The molecule has 180 valence electrons. The number of anilines is 2. The number of carbonyl (C=O) groups excluding carboxylic acids is 1. The molecule has 1 unspecified atom stereocenters. The fourth-order valence-electron chi connectivity index (χ4n) is 5.36. The van der Waals surface area contributed by atoms with Gasteiger partial charge in [-0.15, -0.1) is 0 Å². The second-order valence-electron chi connectivity index (χ2n) is 9.12. The lowest BCUT2D eigenvalue weighted by molar-refractivity contribution is 0.0224. The number of ether oxygens (including phenoxy) is 2. The maximum Gasteiger partial charge on any atom is 0.340 e. The van der Waals surface area contributed by atoms with Crippen LogP contribution < -0.4 is 15.0 Å². The van der Waals surface area contributed by atoms with Gasteiger partial charge >= 0.3 is 5.97 Å². The summed E-state index contributed by atoms with van der Waals surface area (Å²) in [5, 5.41) is 3.51. The minimum Gasteiger partial charge on any atom is -0.456 e. The van der Waals surface area contributed by atoms with E-state index in [1.807, 2.05) is 60.7 Å². The van der Waals surface area contributed by atoms with E-state index in [2.05, 4.69) is 54.4 Å². The van der Waals surface area contributed by atoms with Gasteiger partial charge < -0.3 is 19.7 Å². The smallest absolute Gasteiger partial charge is 0.340 e. The Morgan fingerprint density at radius 1 is 0.778 bits per heavy atom. The Bertz CT molecular complexity index is 1450. The Morgan fingerprint density at radius 2 is 1.56 bits per heavy atom. The molecule has 0 radical (unpaired) electrons. The van der Waals surface area contributed by atoms with Gasteiger partial charge in [-0.2, -0.15) is 0 Å². The van der Waals surface area contributed by atoms with Gasteiger partial charge in [-0.3, -0.25) is 0 Å². The van der Waals surface area contributed by atoms with Crippen LogP contribution in [-0.2, 0) is 16.9 Å². The number of rotatable bonds is 6. The van der Waals surface area contributed by atoms with Crippen LogP contribution in [0, 0.1) is 0 Å². The Balaban J connectivity index is 1.50. The van der Waals surface area contributed by atoms with E-state index >= 15 is 0 Å². The van der Waals surface area contributed by atoms with Crippen molar-refractivity contribution in [1.82, 2.24) is 0 Å². The predicted octanol–water partition coefficient (Wildman–Crippen LogP) is 6.71. The molecule has 4 aromatic rings. The molecule has 2 aliphatic heterocycles. The monoisotopic (exact) mass is 476 g/mol. The fraction of sp³-hybridized carbons (Fsp3) is 0.194. The molecule has 5 heteroatoms. The van der Waals surface area contributed by atoms with E-state index in [0.29, 0.717) is 23.6 Å². The molecule has 0 amide bonds. The van der Waals surface area contributed by atoms with Crippen molar-refractivity contribution in [2.75, 3.05) is 23.3 Å². The number of nitrogens with one attached hydrogen (secondary N) is 1. The lowest BCUT2D eigenvalue weighted by Gasteiger charge is -2.37. The second kappa shape index (κ2) is 8.76. The van der Waals surface area contributed by atoms with Crippen LogP contribution in [0.15, 0.2) is 91.0 Å². The summed E-state index contributed by atoms with van der Waals surface area (Å²) >= 11 is 0. The van der Waals surface area contributed by atoms with E-state index in [1.54, 1.807) is 0 Å². The number of esters is 1. The van der Waals surface area contributed by atoms with E-state index < -0.39 is 5.60 Å². The molecule has 1 N–H and O–H groups in total. The van der Waals surface area contributed by atoms with Gasteiger partial charge in [0.05, 0.1) is 5.56 Å². The zero-order valence-electron chi connectivity index (χ0n) is 20.5. The van der Waals surface area contributed by atoms with Gasteiger partial charge in [-0.1, -0.05) is 48.5 Å². The summed E-state index contributed by atoms with van der Waals surface area (Å²) in [5.74, 6) is 1.08. The fourth-order valence-corrected chi connectivity index (χ4v) is 5.36. The van der Waals surface area contributed by atoms with Crippen molar-refractivity contribution in [3.05, 3.63) is 119 Å². The third kappa shape index (κ3) is 3.42. The van der Waals surface area contributed by atoms with Crippen LogP contribution in [0.4, 0.5) is 11.4 Å². The van der Waals surface area contributed by atoms with Gasteiger partial charge in [-0.05, 0) is 55.8 Å². The number of carbonyl (C=O) groups is 1. The molecule has 0 fully saturated rings. The predicted molar refractivity (Wildman–Crippen MR) is 142 cm³/mol. The summed E-state index contributed by atoms with van der Waals surface area (Å²) in [7, 11) is 0. The van der Waals surface area contributed by atoms with Crippen molar-refractivity contribution >= 4 is 17.3 Å². The zero-order chi connectivity index (χ0) is 24.7. The molecule has 0 saturated heterocycles. The first-order valence-electron chi connectivity index (χ1n) is 12.5. The molecule has 1 atom stereocenters. The molecule has 0 bridgehead atoms. The molecular weight excluding hydrogens is 448 g/mol. The molecule has 6 rings (SSSR count). The molecule has 5 nitrogen and oxygen atoms in total. The molecule has 0 aromatic heterocycles. The summed E-state index contributed by atoms with van der Waals surface area (Å²) in [6.07, 6.45) is 0. The van der Waals surface area contributed by atoms with Crippen molar-refractivity contribution in [2.24, 2.45) is 0 Å². The first kappa shape index (κ1) is 22.2. The van der Waals surface area contributed by atoms with Gasteiger partial charge in [0.2, 0.25) is 0 Å². The van der Waals surface area contributed by atoms with E-state index in [4.69, 9.17) is 9.47 Å². The normalized spacial score (nSPS) is 17.0. The quantitative estimate of drug-likeness (QED) is 0.313. The van der Waals surface area contributed by atoms with Crippen LogP contribution in [0.3, 0.4) is 0 Å². The van der Waals surface area contributed by atoms with Gasteiger partial charge in [0.1, 0.15) is 11.5 Å². The first-order chi connectivity index (χ1) is 17.6. The lowest BCUT2D eigenvalue weighted by Crippen LogP contribution is -2.33. The largest absolute Gasteiger partial charge is 0.456 e. The van der Waals surface area contributed by atoms with Crippen molar-refractivity contribution in [1.29, 1.82) is 0 Å². The highest BCUT2D eigenvalue weighted by Gasteiger charge is 2.53. The third-order valence-electron chi connectivity index (χ3n) is 7.16. The summed E-state index contributed by atoms with van der Waals surface area (Å²) in [5.41, 5.74) is 5.23. The van der Waals surface area contributed by atoms with E-state index in [-0.39, 0.29) is 5.97 Å². The zero-order valence-corrected chi connectivity index (χ0v) is 20.5. The van der Waals surface area contributed by atoms with Gasteiger partial charge in [0, 0.05) is 53.8 Å². The molecule has 2 aliphatic rings. The minimum atomic E-state index is -1.07.